The minimum Gasteiger partial charge on any atom is -0.489 e. The van der Waals surface area contributed by atoms with Crippen molar-refractivity contribution in [2.24, 2.45) is 0 Å². The van der Waals surface area contributed by atoms with Crippen LogP contribution in [0.15, 0.2) is 12.1 Å². The number of ether oxygens (including phenoxy) is 2. The van der Waals surface area contributed by atoms with E-state index in [1.165, 1.54) is 0 Å². The summed E-state index contributed by atoms with van der Waals surface area (Å²) in [6, 6.07) is 3.14. The van der Waals surface area contributed by atoms with Crippen LogP contribution in [0, 0.1) is 0 Å². The molecule has 0 bridgehead atoms. The van der Waals surface area contributed by atoms with Gasteiger partial charge in [-0.1, -0.05) is 23.2 Å². The van der Waals surface area contributed by atoms with Gasteiger partial charge in [-0.2, -0.15) is 0 Å². The Morgan fingerprint density at radius 1 is 1.06 bits per heavy atom. The van der Waals surface area contributed by atoms with E-state index >= 15 is 0 Å². The van der Waals surface area contributed by atoms with Crippen LogP contribution in [0.3, 0.4) is 0 Å². The van der Waals surface area contributed by atoms with E-state index in [1.54, 1.807) is 12.1 Å². The minimum atomic E-state index is -0.201. The average molecular weight is 281 g/mol. The molecule has 0 aliphatic heterocycles. The van der Waals surface area contributed by atoms with Gasteiger partial charge in [0, 0.05) is 10.6 Å². The van der Waals surface area contributed by atoms with Crippen LogP contribution in [0.4, 0.5) is 0 Å². The van der Waals surface area contributed by atoms with Crippen LogP contribution in [-0.2, 0) is 11.3 Å². The Morgan fingerprint density at radius 2 is 1.82 bits per heavy atom. The summed E-state index contributed by atoms with van der Waals surface area (Å²) >= 11 is 11.8. The topological polar surface area (TPSA) is 58.9 Å². The van der Waals surface area contributed by atoms with Gasteiger partial charge in [0.1, 0.15) is 12.4 Å². The van der Waals surface area contributed by atoms with Gasteiger partial charge in [0.15, 0.2) is 0 Å². The largest absolute Gasteiger partial charge is 0.489 e. The van der Waals surface area contributed by atoms with Crippen molar-refractivity contribution in [3.63, 3.8) is 0 Å². The van der Waals surface area contributed by atoms with Gasteiger partial charge >= 0.3 is 0 Å². The molecule has 0 aromatic heterocycles. The summed E-state index contributed by atoms with van der Waals surface area (Å²) < 4.78 is 10.4. The summed E-state index contributed by atoms with van der Waals surface area (Å²) in [4.78, 5) is 0. The van der Waals surface area contributed by atoms with Crippen molar-refractivity contribution in [2.75, 3.05) is 26.4 Å². The van der Waals surface area contributed by atoms with Gasteiger partial charge in [0.2, 0.25) is 0 Å². The zero-order valence-electron chi connectivity index (χ0n) is 9.16. The Balaban J connectivity index is 2.57. The molecule has 0 aliphatic rings. The SMILES string of the molecule is OCCOCCOc1c(Cl)cc(Cl)cc1CO. The van der Waals surface area contributed by atoms with Gasteiger partial charge < -0.3 is 19.7 Å². The zero-order valence-corrected chi connectivity index (χ0v) is 10.7. The lowest BCUT2D eigenvalue weighted by molar-refractivity contribution is 0.0700. The Morgan fingerprint density at radius 3 is 2.47 bits per heavy atom. The van der Waals surface area contributed by atoms with Crippen molar-refractivity contribution < 1.29 is 19.7 Å². The standard InChI is InChI=1S/C11H14Cl2O4/c12-9-5-8(7-15)11(10(13)6-9)17-4-3-16-2-1-14/h5-6,14-15H,1-4,7H2. The first-order valence-corrected chi connectivity index (χ1v) is 5.84. The second-order valence-electron chi connectivity index (χ2n) is 3.22. The second kappa shape index (κ2) is 7.74. The van der Waals surface area contributed by atoms with E-state index in [0.717, 1.165) is 0 Å². The lowest BCUT2D eigenvalue weighted by atomic mass is 10.2. The van der Waals surface area contributed by atoms with Gasteiger partial charge in [-0.05, 0) is 12.1 Å². The third-order valence-electron chi connectivity index (χ3n) is 1.97. The first kappa shape index (κ1) is 14.5. The molecule has 0 fully saturated rings. The van der Waals surface area contributed by atoms with Crippen LogP contribution in [-0.4, -0.2) is 36.6 Å². The predicted molar refractivity (Wildman–Crippen MR) is 65.8 cm³/mol. The molecule has 0 amide bonds. The van der Waals surface area contributed by atoms with Gasteiger partial charge in [-0.25, -0.2) is 0 Å². The number of hydrogen-bond donors (Lipinski definition) is 2. The summed E-state index contributed by atoms with van der Waals surface area (Å²) in [5.41, 5.74) is 0.532. The summed E-state index contributed by atoms with van der Waals surface area (Å²) in [6.07, 6.45) is 0. The maximum absolute atomic E-state index is 9.15. The maximum Gasteiger partial charge on any atom is 0.143 e. The molecule has 0 saturated heterocycles. The molecule has 0 spiro atoms. The highest BCUT2D eigenvalue weighted by Crippen LogP contribution is 2.32. The highest BCUT2D eigenvalue weighted by molar-refractivity contribution is 6.35. The minimum absolute atomic E-state index is 0.0242. The summed E-state index contributed by atoms with van der Waals surface area (Å²) in [6.45, 7) is 0.667. The highest BCUT2D eigenvalue weighted by Gasteiger charge is 2.09. The quantitative estimate of drug-likeness (QED) is 0.749. The molecular formula is C11H14Cl2O4. The first-order chi connectivity index (χ1) is 8.19. The molecule has 17 heavy (non-hydrogen) atoms. The van der Waals surface area contributed by atoms with Crippen LogP contribution < -0.4 is 4.74 Å². The number of halogens is 2. The Hall–Kier alpha value is -0.520. The van der Waals surface area contributed by atoms with E-state index < -0.39 is 0 Å². The van der Waals surface area contributed by atoms with Crippen molar-refractivity contribution in [3.8, 4) is 5.75 Å². The number of benzene rings is 1. The third kappa shape index (κ3) is 4.69. The molecule has 0 heterocycles. The molecule has 0 saturated carbocycles. The van der Waals surface area contributed by atoms with E-state index in [4.69, 9.17) is 42.9 Å². The van der Waals surface area contributed by atoms with E-state index in [-0.39, 0.29) is 26.4 Å². The van der Waals surface area contributed by atoms with Crippen molar-refractivity contribution >= 4 is 23.2 Å². The van der Waals surface area contributed by atoms with Crippen LogP contribution in [0.5, 0.6) is 5.75 Å². The Labute approximate surface area is 110 Å². The fourth-order valence-electron chi connectivity index (χ4n) is 1.26. The zero-order chi connectivity index (χ0) is 12.7. The van der Waals surface area contributed by atoms with Crippen molar-refractivity contribution in [3.05, 3.63) is 27.7 Å². The van der Waals surface area contributed by atoms with Gasteiger partial charge in [-0.15, -0.1) is 0 Å². The van der Waals surface area contributed by atoms with Gasteiger partial charge in [-0.3, -0.25) is 0 Å². The summed E-state index contributed by atoms with van der Waals surface area (Å²) in [5, 5.41) is 18.4. The van der Waals surface area contributed by atoms with E-state index in [2.05, 4.69) is 0 Å². The number of aliphatic hydroxyl groups excluding tert-OH is 2. The average Bonchev–Trinajstić information content (AvgIpc) is 2.30. The molecule has 0 atom stereocenters. The van der Waals surface area contributed by atoms with Crippen LogP contribution in [0.2, 0.25) is 10.0 Å². The fraction of sp³-hybridized carbons (Fsp3) is 0.455. The van der Waals surface area contributed by atoms with Crippen LogP contribution in [0.25, 0.3) is 0 Å². The fourth-order valence-corrected chi connectivity index (χ4v) is 1.85. The lowest BCUT2D eigenvalue weighted by Crippen LogP contribution is -2.10. The first-order valence-electron chi connectivity index (χ1n) is 5.09. The molecule has 0 aliphatic carbocycles. The molecule has 0 radical (unpaired) electrons. The number of hydrogen-bond acceptors (Lipinski definition) is 4. The third-order valence-corrected chi connectivity index (χ3v) is 2.46. The molecular weight excluding hydrogens is 267 g/mol. The van der Waals surface area contributed by atoms with E-state index in [9.17, 15) is 0 Å². The molecule has 6 heteroatoms. The normalized spacial score (nSPS) is 10.6. The Kier molecular flexibility index (Phi) is 6.62. The van der Waals surface area contributed by atoms with Crippen LogP contribution >= 0.6 is 23.2 Å². The van der Waals surface area contributed by atoms with Gasteiger partial charge in [0.25, 0.3) is 0 Å². The van der Waals surface area contributed by atoms with Crippen LogP contribution in [0.1, 0.15) is 5.56 Å². The molecule has 2 N–H and O–H groups in total. The predicted octanol–water partition coefficient (Wildman–Crippen LogP) is 1.87. The van der Waals surface area contributed by atoms with E-state index in [0.29, 0.717) is 28.0 Å². The monoisotopic (exact) mass is 280 g/mol. The summed E-state index contributed by atoms with van der Waals surface area (Å²) in [7, 11) is 0. The van der Waals surface area contributed by atoms with Crippen molar-refractivity contribution in [1.82, 2.24) is 0 Å². The van der Waals surface area contributed by atoms with Crippen molar-refractivity contribution in [1.29, 1.82) is 0 Å². The Bertz CT molecular complexity index is 358. The molecule has 0 unspecified atom stereocenters. The molecule has 4 nitrogen and oxygen atoms in total. The van der Waals surface area contributed by atoms with Gasteiger partial charge in [0.05, 0.1) is 31.5 Å². The molecule has 1 aromatic carbocycles. The number of rotatable bonds is 7. The highest BCUT2D eigenvalue weighted by atomic mass is 35.5. The smallest absolute Gasteiger partial charge is 0.143 e. The molecule has 96 valence electrons. The molecule has 1 aromatic rings. The second-order valence-corrected chi connectivity index (χ2v) is 4.06. The molecule has 1 rings (SSSR count). The van der Waals surface area contributed by atoms with Crippen molar-refractivity contribution in [2.45, 2.75) is 6.61 Å². The number of aliphatic hydroxyl groups is 2. The van der Waals surface area contributed by atoms with E-state index in [1.807, 2.05) is 0 Å². The lowest BCUT2D eigenvalue weighted by Gasteiger charge is -2.12. The summed E-state index contributed by atoms with van der Waals surface area (Å²) in [5.74, 6) is 0.408. The maximum atomic E-state index is 9.15.